The van der Waals surface area contributed by atoms with Crippen molar-refractivity contribution in [2.45, 2.75) is 45.1 Å². The highest BCUT2D eigenvalue weighted by Crippen LogP contribution is 2.29. The van der Waals surface area contributed by atoms with Crippen molar-refractivity contribution in [3.63, 3.8) is 0 Å². The number of likely N-dealkylation sites (tertiary alicyclic amines) is 1. The van der Waals surface area contributed by atoms with Gasteiger partial charge in [0.2, 0.25) is 0 Å². The highest BCUT2D eigenvalue weighted by molar-refractivity contribution is 7.13. The first-order valence-electron chi connectivity index (χ1n) is 8.27. The maximum Gasteiger partial charge on any atom is 0.410 e. The average Bonchev–Trinajstić information content (AvgIpc) is 3.08. The Morgan fingerprint density at radius 1 is 1.38 bits per heavy atom. The van der Waals surface area contributed by atoms with Crippen molar-refractivity contribution in [2.75, 3.05) is 13.1 Å². The molecule has 1 fully saturated rings. The molecule has 1 unspecified atom stereocenters. The zero-order chi connectivity index (χ0) is 17.2. The molecule has 3 rings (SSSR count). The Bertz CT molecular complexity index is 695. The maximum absolute atomic E-state index is 12.3. The molecule has 2 aromatic rings. The number of aromatic nitrogens is 2. The summed E-state index contributed by atoms with van der Waals surface area (Å²) >= 11 is 1.59. The van der Waals surface area contributed by atoms with Crippen LogP contribution in [0.3, 0.4) is 0 Å². The Hall–Kier alpha value is -1.95. The fraction of sp³-hybridized carbons (Fsp3) is 0.500. The molecular formula is C18H23N3O2S. The normalized spacial score (nSPS) is 18.5. The van der Waals surface area contributed by atoms with Gasteiger partial charge in [0.15, 0.2) is 0 Å². The van der Waals surface area contributed by atoms with Gasteiger partial charge in [0.1, 0.15) is 10.6 Å². The molecule has 24 heavy (non-hydrogen) atoms. The van der Waals surface area contributed by atoms with E-state index < -0.39 is 5.60 Å². The maximum atomic E-state index is 12.3. The predicted octanol–water partition coefficient (Wildman–Crippen LogP) is 4.32. The van der Waals surface area contributed by atoms with E-state index in [0.29, 0.717) is 6.54 Å². The van der Waals surface area contributed by atoms with Crippen LogP contribution < -0.4 is 0 Å². The van der Waals surface area contributed by atoms with Crippen molar-refractivity contribution < 1.29 is 9.53 Å². The van der Waals surface area contributed by atoms with Crippen LogP contribution in [-0.4, -0.2) is 39.7 Å². The Morgan fingerprint density at radius 3 is 2.92 bits per heavy atom. The van der Waals surface area contributed by atoms with E-state index in [1.165, 1.54) is 0 Å². The van der Waals surface area contributed by atoms with E-state index >= 15 is 0 Å². The van der Waals surface area contributed by atoms with Gasteiger partial charge in [-0.2, -0.15) is 0 Å². The molecule has 1 aliphatic heterocycles. The topological polar surface area (TPSA) is 55.3 Å². The summed E-state index contributed by atoms with van der Waals surface area (Å²) in [5, 5.41) is 2.88. The van der Waals surface area contributed by atoms with E-state index in [1.807, 2.05) is 44.4 Å². The van der Waals surface area contributed by atoms with E-state index in [0.717, 1.165) is 35.8 Å². The molecule has 0 spiro atoms. The van der Waals surface area contributed by atoms with E-state index in [1.54, 1.807) is 22.4 Å². The zero-order valence-electron chi connectivity index (χ0n) is 14.4. The Balaban J connectivity index is 1.73. The van der Waals surface area contributed by atoms with Gasteiger partial charge >= 0.3 is 6.09 Å². The van der Waals surface area contributed by atoms with Crippen LogP contribution in [0.15, 0.2) is 29.8 Å². The summed E-state index contributed by atoms with van der Waals surface area (Å²) in [6.45, 7) is 7.09. The van der Waals surface area contributed by atoms with Crippen LogP contribution in [0.2, 0.25) is 0 Å². The largest absolute Gasteiger partial charge is 0.444 e. The number of thiazole rings is 1. The average molecular weight is 345 g/mol. The molecule has 3 heterocycles. The van der Waals surface area contributed by atoms with Crippen molar-refractivity contribution in [1.29, 1.82) is 0 Å². The summed E-state index contributed by atoms with van der Waals surface area (Å²) in [4.78, 5) is 23.2. The quantitative estimate of drug-likeness (QED) is 0.813. The Labute approximate surface area is 146 Å². The van der Waals surface area contributed by atoms with Crippen molar-refractivity contribution >= 4 is 17.4 Å². The number of amides is 1. The van der Waals surface area contributed by atoms with Crippen LogP contribution >= 0.6 is 11.3 Å². The van der Waals surface area contributed by atoms with Gasteiger partial charge in [0.05, 0.1) is 5.69 Å². The summed E-state index contributed by atoms with van der Waals surface area (Å²) in [6.07, 6.45) is 3.56. The van der Waals surface area contributed by atoms with Crippen LogP contribution in [0.4, 0.5) is 4.79 Å². The van der Waals surface area contributed by atoms with Gasteiger partial charge < -0.3 is 9.64 Å². The van der Waals surface area contributed by atoms with Gasteiger partial charge in [-0.3, -0.25) is 0 Å². The van der Waals surface area contributed by atoms with Gasteiger partial charge in [-0.05, 0) is 45.7 Å². The predicted molar refractivity (Wildman–Crippen MR) is 95.1 cm³/mol. The summed E-state index contributed by atoms with van der Waals surface area (Å²) in [6, 6.07) is 6.04. The van der Waals surface area contributed by atoms with Gasteiger partial charge in [0, 0.05) is 36.3 Å². The van der Waals surface area contributed by atoms with Gasteiger partial charge in [-0.1, -0.05) is 6.07 Å². The van der Waals surface area contributed by atoms with Crippen molar-refractivity contribution in [3.8, 4) is 10.7 Å². The number of hydrogen-bond donors (Lipinski definition) is 0. The standard InChI is InChI=1S/C18H23N3O2S/c1-18(2,3)23-17(22)21-10-5-6-13(12-21)14-7-4-8-15(20-14)16-19-9-11-24-16/h4,7-9,11,13H,5-6,10,12H2,1-3H3. The lowest BCUT2D eigenvalue weighted by atomic mass is 9.94. The number of hydrogen-bond acceptors (Lipinski definition) is 5. The second-order valence-corrected chi connectivity index (χ2v) is 7.95. The van der Waals surface area contributed by atoms with Crippen molar-refractivity contribution in [2.24, 2.45) is 0 Å². The van der Waals surface area contributed by atoms with Crippen molar-refractivity contribution in [3.05, 3.63) is 35.5 Å². The van der Waals surface area contributed by atoms with Gasteiger partial charge in [0.25, 0.3) is 0 Å². The number of ether oxygens (including phenoxy) is 1. The first-order valence-corrected chi connectivity index (χ1v) is 9.15. The molecule has 0 radical (unpaired) electrons. The minimum absolute atomic E-state index is 0.233. The van der Waals surface area contributed by atoms with Crippen LogP contribution in [0.5, 0.6) is 0 Å². The van der Waals surface area contributed by atoms with E-state index in [-0.39, 0.29) is 12.0 Å². The molecule has 0 saturated carbocycles. The third-order valence-corrected chi connectivity index (χ3v) is 4.71. The van der Waals surface area contributed by atoms with Crippen molar-refractivity contribution in [1.82, 2.24) is 14.9 Å². The SMILES string of the molecule is CC(C)(C)OC(=O)N1CCCC(c2cccc(-c3nccs3)n2)C1. The monoisotopic (exact) mass is 345 g/mol. The Kier molecular flexibility index (Phi) is 4.85. The summed E-state index contributed by atoms with van der Waals surface area (Å²) in [5.74, 6) is 0.242. The molecule has 0 aliphatic carbocycles. The Morgan fingerprint density at radius 2 is 2.21 bits per heavy atom. The minimum Gasteiger partial charge on any atom is -0.444 e. The molecular weight excluding hydrogens is 322 g/mol. The lowest BCUT2D eigenvalue weighted by molar-refractivity contribution is 0.0197. The van der Waals surface area contributed by atoms with E-state index in [2.05, 4.69) is 4.98 Å². The minimum atomic E-state index is -0.465. The number of pyridine rings is 1. The fourth-order valence-electron chi connectivity index (χ4n) is 2.86. The smallest absolute Gasteiger partial charge is 0.410 e. The molecule has 0 bridgehead atoms. The second-order valence-electron chi connectivity index (χ2n) is 7.05. The summed E-state index contributed by atoms with van der Waals surface area (Å²) < 4.78 is 5.50. The molecule has 1 atom stereocenters. The number of rotatable bonds is 2. The zero-order valence-corrected chi connectivity index (χ0v) is 15.2. The first kappa shape index (κ1) is 16.9. The van der Waals surface area contributed by atoms with E-state index in [4.69, 9.17) is 9.72 Å². The first-order chi connectivity index (χ1) is 11.4. The summed E-state index contributed by atoms with van der Waals surface area (Å²) in [5.41, 5.74) is 1.46. The number of carbonyl (C=O) groups is 1. The van der Waals surface area contributed by atoms with Crippen LogP contribution in [0.1, 0.15) is 45.2 Å². The van der Waals surface area contributed by atoms with Crippen LogP contribution in [0.25, 0.3) is 10.7 Å². The molecule has 5 nitrogen and oxygen atoms in total. The third-order valence-electron chi connectivity index (χ3n) is 3.91. The molecule has 1 aliphatic rings. The second kappa shape index (κ2) is 6.89. The lowest BCUT2D eigenvalue weighted by Gasteiger charge is -2.34. The van der Waals surface area contributed by atoms with E-state index in [9.17, 15) is 4.79 Å². The number of carbonyl (C=O) groups excluding carboxylic acids is 1. The fourth-order valence-corrected chi connectivity index (χ4v) is 3.47. The number of nitrogens with zero attached hydrogens (tertiary/aromatic N) is 3. The molecule has 128 valence electrons. The summed E-state index contributed by atoms with van der Waals surface area (Å²) in [7, 11) is 0. The van der Waals surface area contributed by atoms with Crippen LogP contribution in [-0.2, 0) is 4.74 Å². The number of piperidine rings is 1. The van der Waals surface area contributed by atoms with Gasteiger partial charge in [-0.25, -0.2) is 14.8 Å². The van der Waals surface area contributed by atoms with Crippen LogP contribution in [0, 0.1) is 0 Å². The molecule has 2 aromatic heterocycles. The van der Waals surface area contributed by atoms with Gasteiger partial charge in [-0.15, -0.1) is 11.3 Å². The lowest BCUT2D eigenvalue weighted by Crippen LogP contribution is -2.42. The molecule has 1 amide bonds. The molecule has 0 aromatic carbocycles. The molecule has 6 heteroatoms. The highest BCUT2D eigenvalue weighted by Gasteiger charge is 2.29. The highest BCUT2D eigenvalue weighted by atomic mass is 32.1. The molecule has 1 saturated heterocycles. The molecule has 0 N–H and O–H groups in total. The third kappa shape index (κ3) is 4.12.